The maximum absolute atomic E-state index is 13.1. The summed E-state index contributed by atoms with van der Waals surface area (Å²) in [7, 11) is 0. The Kier molecular flexibility index (Phi) is 6.82. The van der Waals surface area contributed by atoms with Crippen molar-refractivity contribution in [3.8, 4) is 0 Å². The number of H-pyrrole nitrogens is 1. The lowest BCUT2D eigenvalue weighted by Gasteiger charge is -2.35. The number of nitrogens with zero attached hydrogens (tertiary/aromatic N) is 3. The van der Waals surface area contributed by atoms with Gasteiger partial charge in [0.2, 0.25) is 0 Å². The summed E-state index contributed by atoms with van der Waals surface area (Å²) in [6.07, 6.45) is 0.915. The molecule has 3 aromatic rings. The van der Waals surface area contributed by atoms with Crippen molar-refractivity contribution >= 4 is 21.8 Å². The zero-order valence-corrected chi connectivity index (χ0v) is 18.4. The van der Waals surface area contributed by atoms with Crippen LogP contribution < -0.4 is 5.43 Å². The molecule has 5 heteroatoms. The van der Waals surface area contributed by atoms with Gasteiger partial charge < -0.3 is 14.8 Å². The Labute approximate surface area is 179 Å². The Hall–Kier alpha value is -2.21. The molecule has 0 saturated carbocycles. The van der Waals surface area contributed by atoms with Crippen molar-refractivity contribution in [2.24, 2.45) is 0 Å². The van der Waals surface area contributed by atoms with E-state index in [9.17, 15) is 4.79 Å². The molecule has 1 saturated heterocycles. The molecular formula is C25H34N4O. The fourth-order valence-corrected chi connectivity index (χ4v) is 4.59. The molecular weight excluding hydrogens is 372 g/mol. The number of aromatic amines is 1. The number of hydrogen-bond donors (Lipinski definition) is 1. The van der Waals surface area contributed by atoms with Crippen LogP contribution in [0, 0.1) is 0 Å². The number of fused-ring (bicyclic) bond motifs is 2. The maximum Gasteiger partial charge on any atom is 0.197 e. The number of hydrogen-bond acceptors (Lipinski definition) is 4. The number of pyridine rings is 1. The van der Waals surface area contributed by atoms with E-state index in [1.807, 2.05) is 30.3 Å². The van der Waals surface area contributed by atoms with Crippen LogP contribution in [0.15, 0.2) is 47.3 Å². The van der Waals surface area contributed by atoms with Crippen molar-refractivity contribution in [2.45, 2.75) is 20.3 Å². The third-order valence-corrected chi connectivity index (χ3v) is 6.61. The molecule has 5 nitrogen and oxygen atoms in total. The number of aromatic nitrogens is 1. The first-order valence-electron chi connectivity index (χ1n) is 11.4. The second-order valence-electron chi connectivity index (χ2n) is 8.30. The predicted octanol–water partition coefficient (Wildman–Crippen LogP) is 3.18. The van der Waals surface area contributed by atoms with Crippen molar-refractivity contribution in [1.29, 1.82) is 0 Å². The first-order valence-corrected chi connectivity index (χ1v) is 11.4. The zero-order chi connectivity index (χ0) is 20.9. The SMILES string of the molecule is CCN(CC)CCN1CCN(CCc2cccc3[nH]c4ccccc4c(=O)c23)CC1. The normalized spacial score (nSPS) is 16.1. The highest BCUT2D eigenvalue weighted by Gasteiger charge is 2.18. The highest BCUT2D eigenvalue weighted by molar-refractivity contribution is 5.94. The Morgan fingerprint density at radius 1 is 0.867 bits per heavy atom. The van der Waals surface area contributed by atoms with E-state index in [1.165, 1.54) is 13.1 Å². The predicted molar refractivity (Wildman–Crippen MR) is 126 cm³/mol. The maximum atomic E-state index is 13.1. The molecule has 4 rings (SSSR count). The van der Waals surface area contributed by atoms with Gasteiger partial charge in [-0.3, -0.25) is 9.69 Å². The molecule has 0 atom stereocenters. The van der Waals surface area contributed by atoms with Crippen molar-refractivity contribution < 1.29 is 0 Å². The van der Waals surface area contributed by atoms with E-state index in [2.05, 4.69) is 45.7 Å². The molecule has 1 aromatic heterocycles. The molecule has 1 aliphatic rings. The average molecular weight is 407 g/mol. The van der Waals surface area contributed by atoms with E-state index in [-0.39, 0.29) is 5.43 Å². The lowest BCUT2D eigenvalue weighted by Crippen LogP contribution is -2.48. The summed E-state index contributed by atoms with van der Waals surface area (Å²) in [5.41, 5.74) is 3.16. The van der Waals surface area contributed by atoms with Gasteiger partial charge in [-0.05, 0) is 43.3 Å². The molecule has 0 bridgehead atoms. The van der Waals surface area contributed by atoms with E-state index in [0.29, 0.717) is 0 Å². The highest BCUT2D eigenvalue weighted by atomic mass is 16.1. The molecule has 30 heavy (non-hydrogen) atoms. The molecule has 0 radical (unpaired) electrons. The van der Waals surface area contributed by atoms with Gasteiger partial charge in [0, 0.05) is 62.1 Å². The van der Waals surface area contributed by atoms with Crippen LogP contribution in [0.25, 0.3) is 21.8 Å². The largest absolute Gasteiger partial charge is 0.354 e. The van der Waals surface area contributed by atoms with Gasteiger partial charge in [-0.1, -0.05) is 38.1 Å². The highest BCUT2D eigenvalue weighted by Crippen LogP contribution is 2.19. The fraction of sp³-hybridized carbons (Fsp3) is 0.480. The number of nitrogens with one attached hydrogen (secondary N) is 1. The van der Waals surface area contributed by atoms with E-state index < -0.39 is 0 Å². The van der Waals surface area contributed by atoms with Crippen LogP contribution in [0.4, 0.5) is 0 Å². The van der Waals surface area contributed by atoms with E-state index in [1.54, 1.807) is 0 Å². The quantitative estimate of drug-likeness (QED) is 0.584. The minimum atomic E-state index is 0.149. The number of para-hydroxylation sites is 1. The molecule has 0 unspecified atom stereocenters. The van der Waals surface area contributed by atoms with Gasteiger partial charge in [-0.2, -0.15) is 0 Å². The van der Waals surface area contributed by atoms with Gasteiger partial charge in [0.1, 0.15) is 0 Å². The van der Waals surface area contributed by atoms with Gasteiger partial charge >= 0.3 is 0 Å². The molecule has 2 heterocycles. The van der Waals surface area contributed by atoms with Gasteiger partial charge in [-0.25, -0.2) is 0 Å². The standard InChI is InChI=1S/C25H34N4O/c1-3-27(4-2)14-15-29-18-16-28(17-19-29)13-12-20-8-7-11-23-24(20)25(30)21-9-5-6-10-22(21)26-23/h5-11H,3-4,12-19H2,1-2H3,(H,26,30). The van der Waals surface area contributed by atoms with Gasteiger partial charge in [0.15, 0.2) is 5.43 Å². The summed E-state index contributed by atoms with van der Waals surface area (Å²) in [5.74, 6) is 0. The zero-order valence-electron chi connectivity index (χ0n) is 18.4. The first kappa shape index (κ1) is 21.0. The van der Waals surface area contributed by atoms with E-state index in [4.69, 9.17) is 0 Å². The lowest BCUT2D eigenvalue weighted by molar-refractivity contribution is 0.121. The number of benzene rings is 2. The average Bonchev–Trinajstić information content (AvgIpc) is 2.79. The summed E-state index contributed by atoms with van der Waals surface area (Å²) in [5, 5.41) is 1.63. The summed E-state index contributed by atoms with van der Waals surface area (Å²) in [4.78, 5) is 24.2. The van der Waals surface area contributed by atoms with Gasteiger partial charge in [-0.15, -0.1) is 0 Å². The third kappa shape index (κ3) is 4.59. The summed E-state index contributed by atoms with van der Waals surface area (Å²) in [6.45, 7) is 14.6. The lowest BCUT2D eigenvalue weighted by atomic mass is 10.0. The van der Waals surface area contributed by atoms with Crippen molar-refractivity contribution in [1.82, 2.24) is 19.7 Å². The first-order chi connectivity index (χ1) is 14.7. The van der Waals surface area contributed by atoms with E-state index >= 15 is 0 Å². The number of rotatable bonds is 8. The minimum absolute atomic E-state index is 0.149. The monoisotopic (exact) mass is 406 g/mol. The Morgan fingerprint density at radius 2 is 1.53 bits per heavy atom. The molecule has 2 aromatic carbocycles. The van der Waals surface area contributed by atoms with Crippen LogP contribution in [0.5, 0.6) is 0 Å². The molecule has 160 valence electrons. The van der Waals surface area contributed by atoms with Crippen LogP contribution in [0.1, 0.15) is 19.4 Å². The Balaban J connectivity index is 1.39. The van der Waals surface area contributed by atoms with Crippen molar-refractivity contribution in [3.05, 3.63) is 58.3 Å². The number of piperazine rings is 1. The number of likely N-dealkylation sites (N-methyl/N-ethyl adjacent to an activating group) is 1. The summed E-state index contributed by atoms with van der Waals surface area (Å²) < 4.78 is 0. The minimum Gasteiger partial charge on any atom is -0.354 e. The Morgan fingerprint density at radius 3 is 2.27 bits per heavy atom. The third-order valence-electron chi connectivity index (χ3n) is 6.61. The van der Waals surface area contributed by atoms with Crippen LogP contribution in [-0.4, -0.2) is 78.6 Å². The van der Waals surface area contributed by atoms with Crippen molar-refractivity contribution in [2.75, 3.05) is 58.9 Å². The molecule has 1 N–H and O–H groups in total. The molecule has 1 fully saturated rings. The van der Waals surface area contributed by atoms with Crippen LogP contribution in [0.3, 0.4) is 0 Å². The van der Waals surface area contributed by atoms with E-state index in [0.717, 1.165) is 79.6 Å². The van der Waals surface area contributed by atoms with Crippen LogP contribution in [0.2, 0.25) is 0 Å². The molecule has 0 amide bonds. The van der Waals surface area contributed by atoms with Gasteiger partial charge in [0.25, 0.3) is 0 Å². The fourth-order valence-electron chi connectivity index (χ4n) is 4.59. The van der Waals surface area contributed by atoms with Gasteiger partial charge in [0.05, 0.1) is 5.52 Å². The smallest absolute Gasteiger partial charge is 0.197 e. The second kappa shape index (κ2) is 9.73. The molecule has 0 aliphatic carbocycles. The van der Waals surface area contributed by atoms with Crippen LogP contribution >= 0.6 is 0 Å². The molecule has 0 spiro atoms. The molecule has 1 aliphatic heterocycles. The Bertz CT molecular complexity index is 1030. The van der Waals surface area contributed by atoms with Crippen molar-refractivity contribution in [3.63, 3.8) is 0 Å². The second-order valence-corrected chi connectivity index (χ2v) is 8.30. The van der Waals surface area contributed by atoms with Crippen LogP contribution in [-0.2, 0) is 6.42 Å². The summed E-state index contributed by atoms with van der Waals surface area (Å²) >= 11 is 0. The summed E-state index contributed by atoms with van der Waals surface area (Å²) in [6, 6.07) is 14.0. The topological polar surface area (TPSA) is 42.6 Å².